The van der Waals surface area contributed by atoms with Gasteiger partial charge >= 0.3 is 0 Å². The van der Waals surface area contributed by atoms with Gasteiger partial charge in [-0.15, -0.1) is 0 Å². The van der Waals surface area contributed by atoms with Crippen LogP contribution < -0.4 is 5.32 Å². The molecule has 0 fully saturated rings. The predicted molar refractivity (Wildman–Crippen MR) is 80.5 cm³/mol. The minimum absolute atomic E-state index is 0.615. The molecule has 0 saturated carbocycles. The van der Waals surface area contributed by atoms with Crippen molar-refractivity contribution in [1.82, 2.24) is 4.98 Å². The van der Waals surface area contributed by atoms with E-state index in [2.05, 4.69) is 26.2 Å². The van der Waals surface area contributed by atoms with Crippen molar-refractivity contribution >= 4 is 44.8 Å². The van der Waals surface area contributed by atoms with Gasteiger partial charge in [0.2, 0.25) is 0 Å². The van der Waals surface area contributed by atoms with Crippen molar-refractivity contribution in [2.24, 2.45) is 0 Å². The molecular formula is C13H11BrCl2N2. The van der Waals surface area contributed by atoms with Crippen molar-refractivity contribution < 1.29 is 0 Å². The summed E-state index contributed by atoms with van der Waals surface area (Å²) in [5.41, 5.74) is 2.88. The van der Waals surface area contributed by atoms with Gasteiger partial charge in [0.25, 0.3) is 0 Å². The fourth-order valence-corrected chi connectivity index (χ4v) is 2.36. The Morgan fingerprint density at radius 3 is 2.72 bits per heavy atom. The number of hydrogen-bond acceptors (Lipinski definition) is 2. The molecule has 0 bridgehead atoms. The molecule has 0 aliphatic heterocycles. The third kappa shape index (κ3) is 3.37. The van der Waals surface area contributed by atoms with Crippen molar-refractivity contribution in [3.8, 4) is 0 Å². The van der Waals surface area contributed by atoms with Gasteiger partial charge in [-0.25, -0.2) is 4.98 Å². The summed E-state index contributed by atoms with van der Waals surface area (Å²) in [7, 11) is 0. The maximum absolute atomic E-state index is 6.11. The Morgan fingerprint density at radius 2 is 2.00 bits per heavy atom. The van der Waals surface area contributed by atoms with E-state index in [-0.39, 0.29) is 0 Å². The second kappa shape index (κ2) is 5.91. The number of halogens is 3. The number of nitrogens with one attached hydrogen (secondary N) is 1. The Balaban J connectivity index is 2.13. The summed E-state index contributed by atoms with van der Waals surface area (Å²) >= 11 is 15.4. The fraction of sp³-hybridized carbons (Fsp3) is 0.154. The van der Waals surface area contributed by atoms with Crippen molar-refractivity contribution in [2.75, 3.05) is 5.32 Å². The van der Waals surface area contributed by atoms with Gasteiger partial charge in [0.05, 0.1) is 11.4 Å². The molecule has 2 nitrogen and oxygen atoms in total. The molecule has 1 N–H and O–H groups in total. The zero-order chi connectivity index (χ0) is 13.1. The Kier molecular flexibility index (Phi) is 4.49. The zero-order valence-electron chi connectivity index (χ0n) is 9.67. The van der Waals surface area contributed by atoms with Crippen LogP contribution in [0.1, 0.15) is 11.3 Å². The van der Waals surface area contributed by atoms with Crippen LogP contribution in [-0.2, 0) is 6.54 Å². The van der Waals surface area contributed by atoms with Crippen molar-refractivity contribution in [3.05, 3.63) is 56.2 Å². The first-order chi connectivity index (χ1) is 8.56. The Hall–Kier alpha value is -0.770. The van der Waals surface area contributed by atoms with Gasteiger partial charge in [-0.05, 0) is 58.7 Å². The highest BCUT2D eigenvalue weighted by Crippen LogP contribution is 2.23. The second-order valence-corrected chi connectivity index (χ2v) is 5.51. The average molecular weight is 346 g/mol. The second-order valence-electron chi connectivity index (χ2n) is 3.86. The van der Waals surface area contributed by atoms with Crippen LogP contribution >= 0.6 is 39.1 Å². The van der Waals surface area contributed by atoms with E-state index >= 15 is 0 Å². The first-order valence-electron chi connectivity index (χ1n) is 5.37. The molecule has 2 rings (SSSR count). The van der Waals surface area contributed by atoms with E-state index in [0.717, 1.165) is 21.5 Å². The van der Waals surface area contributed by atoms with Gasteiger partial charge in [-0.2, -0.15) is 0 Å². The van der Waals surface area contributed by atoms with Gasteiger partial charge in [-0.3, -0.25) is 0 Å². The lowest BCUT2D eigenvalue weighted by molar-refractivity contribution is 1.10. The molecule has 0 radical (unpaired) electrons. The molecule has 0 aliphatic carbocycles. The van der Waals surface area contributed by atoms with Crippen LogP contribution in [0.25, 0.3) is 0 Å². The van der Waals surface area contributed by atoms with Gasteiger partial charge in [-0.1, -0.05) is 23.2 Å². The summed E-state index contributed by atoms with van der Waals surface area (Å²) in [5, 5.41) is 4.68. The maximum Gasteiger partial charge on any atom is 0.106 e. The summed E-state index contributed by atoms with van der Waals surface area (Å²) in [4.78, 5) is 4.32. The van der Waals surface area contributed by atoms with Crippen LogP contribution in [-0.4, -0.2) is 4.98 Å². The van der Waals surface area contributed by atoms with E-state index < -0.39 is 0 Å². The van der Waals surface area contributed by atoms with Gasteiger partial charge in [0.1, 0.15) is 4.60 Å². The number of pyridine rings is 1. The number of aromatic nitrogens is 1. The summed E-state index contributed by atoms with van der Waals surface area (Å²) < 4.78 is 0.825. The van der Waals surface area contributed by atoms with E-state index in [1.807, 2.05) is 25.1 Å². The average Bonchev–Trinajstić information content (AvgIpc) is 2.32. The smallest absolute Gasteiger partial charge is 0.106 e. The quantitative estimate of drug-likeness (QED) is 0.785. The molecule has 0 atom stereocenters. The van der Waals surface area contributed by atoms with Gasteiger partial charge in [0.15, 0.2) is 0 Å². The van der Waals surface area contributed by atoms with Crippen LogP contribution in [0.5, 0.6) is 0 Å². The SMILES string of the molecule is Cc1nc(Br)ccc1NCc1cc(Cl)ccc1Cl. The van der Waals surface area contributed by atoms with Crippen molar-refractivity contribution in [2.45, 2.75) is 13.5 Å². The van der Waals surface area contributed by atoms with Crippen LogP contribution in [0.4, 0.5) is 5.69 Å². The van der Waals surface area contributed by atoms with Gasteiger partial charge in [0, 0.05) is 16.6 Å². The molecule has 94 valence electrons. The lowest BCUT2D eigenvalue weighted by Crippen LogP contribution is -2.02. The third-order valence-corrected chi connectivity index (χ3v) is 3.57. The first kappa shape index (κ1) is 13.7. The number of aryl methyl sites for hydroxylation is 1. The van der Waals surface area contributed by atoms with E-state index in [0.29, 0.717) is 16.6 Å². The molecule has 0 saturated heterocycles. The molecule has 0 amide bonds. The number of nitrogens with zero attached hydrogens (tertiary/aromatic N) is 1. The number of benzene rings is 1. The van der Waals surface area contributed by atoms with E-state index in [9.17, 15) is 0 Å². The molecule has 5 heteroatoms. The van der Waals surface area contributed by atoms with Crippen LogP contribution in [0.3, 0.4) is 0 Å². The van der Waals surface area contributed by atoms with Crippen LogP contribution in [0.2, 0.25) is 10.0 Å². The minimum atomic E-state index is 0.615. The highest BCUT2D eigenvalue weighted by molar-refractivity contribution is 9.10. The lowest BCUT2D eigenvalue weighted by Gasteiger charge is -2.10. The molecule has 0 aliphatic rings. The fourth-order valence-electron chi connectivity index (χ4n) is 1.59. The van der Waals surface area contributed by atoms with E-state index in [1.165, 1.54) is 0 Å². The van der Waals surface area contributed by atoms with Crippen molar-refractivity contribution in [3.63, 3.8) is 0 Å². The Morgan fingerprint density at radius 1 is 1.22 bits per heavy atom. The third-order valence-electron chi connectivity index (χ3n) is 2.53. The highest BCUT2D eigenvalue weighted by atomic mass is 79.9. The highest BCUT2D eigenvalue weighted by Gasteiger charge is 2.04. The zero-order valence-corrected chi connectivity index (χ0v) is 12.8. The van der Waals surface area contributed by atoms with Crippen LogP contribution in [0, 0.1) is 6.92 Å². The largest absolute Gasteiger partial charge is 0.379 e. The first-order valence-corrected chi connectivity index (χ1v) is 6.92. The number of rotatable bonds is 3. The van der Waals surface area contributed by atoms with E-state index in [4.69, 9.17) is 23.2 Å². The van der Waals surface area contributed by atoms with Gasteiger partial charge < -0.3 is 5.32 Å². The summed E-state index contributed by atoms with van der Waals surface area (Å²) in [6, 6.07) is 9.31. The molecular weight excluding hydrogens is 335 g/mol. The molecule has 18 heavy (non-hydrogen) atoms. The van der Waals surface area contributed by atoms with Crippen LogP contribution in [0.15, 0.2) is 34.9 Å². The standard InChI is InChI=1S/C13H11BrCl2N2/c1-8-12(4-5-13(14)18-8)17-7-9-6-10(15)2-3-11(9)16/h2-6,17H,7H2,1H3. The minimum Gasteiger partial charge on any atom is -0.379 e. The molecule has 1 heterocycles. The molecule has 0 spiro atoms. The monoisotopic (exact) mass is 344 g/mol. The molecule has 1 aromatic heterocycles. The summed E-state index contributed by atoms with van der Waals surface area (Å²) in [5.74, 6) is 0. The van der Waals surface area contributed by atoms with Crippen molar-refractivity contribution in [1.29, 1.82) is 0 Å². The predicted octanol–water partition coefficient (Wildman–Crippen LogP) is 5.07. The normalized spacial score (nSPS) is 10.4. The number of anilines is 1. The molecule has 2 aromatic rings. The summed E-state index contributed by atoms with van der Waals surface area (Å²) in [6.45, 7) is 2.57. The number of hydrogen-bond donors (Lipinski definition) is 1. The summed E-state index contributed by atoms with van der Waals surface area (Å²) in [6.07, 6.45) is 0. The molecule has 0 unspecified atom stereocenters. The lowest BCUT2D eigenvalue weighted by atomic mass is 10.2. The Bertz CT molecular complexity index is 573. The maximum atomic E-state index is 6.11. The topological polar surface area (TPSA) is 24.9 Å². The molecule has 1 aromatic carbocycles. The van der Waals surface area contributed by atoms with E-state index in [1.54, 1.807) is 12.1 Å². The Labute approximate surface area is 124 Å².